The van der Waals surface area contributed by atoms with Gasteiger partial charge in [-0.05, 0) is 38.0 Å². The second kappa shape index (κ2) is 4.84. The fourth-order valence-electron chi connectivity index (χ4n) is 1.70. The normalized spacial score (nSPS) is 15.2. The van der Waals surface area contributed by atoms with Crippen molar-refractivity contribution in [3.8, 4) is 0 Å². The van der Waals surface area contributed by atoms with Gasteiger partial charge in [0.2, 0.25) is 0 Å². The molecule has 106 valence electrons. The first-order chi connectivity index (χ1) is 9.29. The lowest BCUT2D eigenvalue weighted by atomic mass is 10.1. The number of rotatable bonds is 4. The summed E-state index contributed by atoms with van der Waals surface area (Å²) >= 11 is 0. The van der Waals surface area contributed by atoms with Gasteiger partial charge in [-0.3, -0.25) is 0 Å². The molecular formula is C13H14N2O5. The van der Waals surface area contributed by atoms with Gasteiger partial charge in [-0.15, -0.1) is 0 Å². The summed E-state index contributed by atoms with van der Waals surface area (Å²) in [5.41, 5.74) is -0.482. The van der Waals surface area contributed by atoms with Gasteiger partial charge >= 0.3 is 18.0 Å². The van der Waals surface area contributed by atoms with Crippen LogP contribution in [0.1, 0.15) is 40.5 Å². The Morgan fingerprint density at radius 1 is 1.05 bits per heavy atom. The van der Waals surface area contributed by atoms with E-state index in [-0.39, 0.29) is 22.4 Å². The molecule has 0 heterocycles. The topological polar surface area (TPSA) is 116 Å². The molecule has 0 unspecified atom stereocenters. The van der Waals surface area contributed by atoms with Crippen molar-refractivity contribution < 1.29 is 24.6 Å². The van der Waals surface area contributed by atoms with Crippen molar-refractivity contribution in [1.29, 1.82) is 0 Å². The SMILES string of the molecule is CC1(NC(=O)Nc2cc(C(=O)O)cc(C(=O)O)c2)CC1. The van der Waals surface area contributed by atoms with Crippen molar-refractivity contribution in [3.63, 3.8) is 0 Å². The third-order valence-corrected chi connectivity index (χ3v) is 3.10. The Labute approximate surface area is 114 Å². The Hall–Kier alpha value is -2.57. The Bertz CT molecular complexity index is 560. The zero-order chi connectivity index (χ0) is 14.9. The van der Waals surface area contributed by atoms with Crippen LogP contribution in [-0.4, -0.2) is 33.7 Å². The summed E-state index contributed by atoms with van der Waals surface area (Å²) in [6, 6.07) is 2.98. The number of carbonyl (C=O) groups excluding carboxylic acids is 1. The van der Waals surface area contributed by atoms with Crippen molar-refractivity contribution in [3.05, 3.63) is 29.3 Å². The Kier molecular flexibility index (Phi) is 3.35. The Morgan fingerprint density at radius 3 is 1.95 bits per heavy atom. The molecule has 4 N–H and O–H groups in total. The number of carbonyl (C=O) groups is 3. The predicted molar refractivity (Wildman–Crippen MR) is 70.2 cm³/mol. The predicted octanol–water partition coefficient (Wildman–Crippen LogP) is 1.76. The molecule has 1 aliphatic carbocycles. The third-order valence-electron chi connectivity index (χ3n) is 3.10. The van der Waals surface area contributed by atoms with Crippen LogP contribution in [0.4, 0.5) is 10.5 Å². The number of carboxylic acids is 2. The molecule has 1 aromatic carbocycles. The molecule has 7 nitrogen and oxygen atoms in total. The van der Waals surface area contributed by atoms with Gasteiger partial charge in [-0.1, -0.05) is 0 Å². The summed E-state index contributed by atoms with van der Waals surface area (Å²) in [6.45, 7) is 1.89. The number of anilines is 1. The van der Waals surface area contributed by atoms with E-state index in [1.807, 2.05) is 6.92 Å². The first kappa shape index (κ1) is 13.9. The lowest BCUT2D eigenvalue weighted by Crippen LogP contribution is -2.37. The van der Waals surface area contributed by atoms with Crippen molar-refractivity contribution >= 4 is 23.7 Å². The van der Waals surface area contributed by atoms with Crippen LogP contribution in [0.3, 0.4) is 0 Å². The summed E-state index contributed by atoms with van der Waals surface area (Å²) in [7, 11) is 0. The minimum Gasteiger partial charge on any atom is -0.478 e. The average Bonchev–Trinajstić information content (AvgIpc) is 3.05. The number of amides is 2. The van der Waals surface area contributed by atoms with Gasteiger partial charge in [0, 0.05) is 11.2 Å². The minimum atomic E-state index is -1.26. The van der Waals surface area contributed by atoms with Gasteiger partial charge in [-0.2, -0.15) is 0 Å². The maximum Gasteiger partial charge on any atom is 0.335 e. The van der Waals surface area contributed by atoms with Crippen LogP contribution in [0.5, 0.6) is 0 Å². The van der Waals surface area contributed by atoms with E-state index in [9.17, 15) is 14.4 Å². The van der Waals surface area contributed by atoms with E-state index in [0.717, 1.165) is 18.9 Å². The highest BCUT2D eigenvalue weighted by atomic mass is 16.4. The van der Waals surface area contributed by atoms with Crippen molar-refractivity contribution in [1.82, 2.24) is 5.32 Å². The second-order valence-electron chi connectivity index (χ2n) is 5.05. The number of benzene rings is 1. The lowest BCUT2D eigenvalue weighted by molar-refractivity contribution is 0.0696. The minimum absolute atomic E-state index is 0.129. The van der Waals surface area contributed by atoms with E-state index in [1.54, 1.807) is 0 Å². The summed E-state index contributed by atoms with van der Waals surface area (Å²) in [6.07, 6.45) is 1.77. The zero-order valence-electron chi connectivity index (χ0n) is 10.8. The van der Waals surface area contributed by atoms with Crippen LogP contribution in [0.15, 0.2) is 18.2 Å². The molecule has 2 rings (SSSR count). The summed E-state index contributed by atoms with van der Waals surface area (Å²) in [4.78, 5) is 33.6. The number of urea groups is 1. The highest BCUT2D eigenvalue weighted by Gasteiger charge is 2.38. The molecule has 0 aliphatic heterocycles. The number of hydrogen-bond acceptors (Lipinski definition) is 3. The second-order valence-corrected chi connectivity index (χ2v) is 5.05. The number of carboxylic acid groups (broad SMARTS) is 2. The number of hydrogen-bond donors (Lipinski definition) is 4. The van der Waals surface area contributed by atoms with E-state index in [0.29, 0.717) is 0 Å². The van der Waals surface area contributed by atoms with Gasteiger partial charge in [-0.25, -0.2) is 14.4 Å². The molecule has 20 heavy (non-hydrogen) atoms. The van der Waals surface area contributed by atoms with Crippen LogP contribution >= 0.6 is 0 Å². The Balaban J connectivity index is 2.19. The fourth-order valence-corrected chi connectivity index (χ4v) is 1.70. The maximum absolute atomic E-state index is 11.7. The smallest absolute Gasteiger partial charge is 0.335 e. The van der Waals surface area contributed by atoms with Crippen molar-refractivity contribution in [2.24, 2.45) is 0 Å². The maximum atomic E-state index is 11.7. The molecule has 0 atom stereocenters. The lowest BCUT2D eigenvalue weighted by Gasteiger charge is -2.13. The van der Waals surface area contributed by atoms with E-state index < -0.39 is 18.0 Å². The van der Waals surface area contributed by atoms with Crippen LogP contribution in [0.25, 0.3) is 0 Å². The first-order valence-electron chi connectivity index (χ1n) is 6.00. The van der Waals surface area contributed by atoms with Crippen molar-refractivity contribution in [2.45, 2.75) is 25.3 Å². The molecule has 0 spiro atoms. The highest BCUT2D eigenvalue weighted by molar-refractivity contribution is 5.98. The number of nitrogens with one attached hydrogen (secondary N) is 2. The molecule has 0 saturated heterocycles. The molecule has 0 bridgehead atoms. The average molecular weight is 278 g/mol. The summed E-state index contributed by atoms with van der Waals surface area (Å²) in [5.74, 6) is -2.52. The third kappa shape index (κ3) is 3.25. The highest BCUT2D eigenvalue weighted by Crippen LogP contribution is 2.34. The summed E-state index contributed by atoms with van der Waals surface area (Å²) in [5, 5.41) is 23.0. The van der Waals surface area contributed by atoms with Crippen LogP contribution in [-0.2, 0) is 0 Å². The molecule has 1 aliphatic rings. The molecule has 7 heteroatoms. The van der Waals surface area contributed by atoms with E-state index in [2.05, 4.69) is 10.6 Å². The van der Waals surface area contributed by atoms with E-state index >= 15 is 0 Å². The monoisotopic (exact) mass is 278 g/mol. The van der Waals surface area contributed by atoms with Gasteiger partial charge in [0.05, 0.1) is 11.1 Å². The summed E-state index contributed by atoms with van der Waals surface area (Å²) < 4.78 is 0. The molecule has 0 radical (unpaired) electrons. The van der Waals surface area contributed by atoms with E-state index in [1.165, 1.54) is 12.1 Å². The first-order valence-corrected chi connectivity index (χ1v) is 6.00. The quantitative estimate of drug-likeness (QED) is 0.669. The fraction of sp³-hybridized carbons (Fsp3) is 0.308. The standard InChI is InChI=1S/C13H14N2O5/c1-13(2-3-13)15-12(20)14-9-5-7(10(16)17)4-8(6-9)11(18)19/h4-6H,2-3H2,1H3,(H,16,17)(H,18,19)(H2,14,15,20). The molecule has 2 amide bonds. The van der Waals surface area contributed by atoms with Crippen LogP contribution in [0, 0.1) is 0 Å². The molecular weight excluding hydrogens is 264 g/mol. The number of aromatic carboxylic acids is 2. The molecule has 1 saturated carbocycles. The molecule has 1 fully saturated rings. The molecule has 1 aromatic rings. The Morgan fingerprint density at radius 2 is 1.55 bits per heavy atom. The largest absolute Gasteiger partial charge is 0.478 e. The van der Waals surface area contributed by atoms with Crippen LogP contribution < -0.4 is 10.6 Å². The van der Waals surface area contributed by atoms with Gasteiger partial charge < -0.3 is 20.8 Å². The van der Waals surface area contributed by atoms with E-state index in [4.69, 9.17) is 10.2 Å². The van der Waals surface area contributed by atoms with Crippen molar-refractivity contribution in [2.75, 3.05) is 5.32 Å². The van der Waals surface area contributed by atoms with Gasteiger partial charge in [0.15, 0.2) is 0 Å². The zero-order valence-corrected chi connectivity index (χ0v) is 10.8. The van der Waals surface area contributed by atoms with Crippen LogP contribution in [0.2, 0.25) is 0 Å². The molecule has 0 aromatic heterocycles. The van der Waals surface area contributed by atoms with Gasteiger partial charge in [0.1, 0.15) is 0 Å². The van der Waals surface area contributed by atoms with Gasteiger partial charge in [0.25, 0.3) is 0 Å².